The molecular formula is C7H13ClO8. The SMILES string of the molecule is O=C(O)Cl.O=CC(O)C(O)C(O)C(O)CO. The fourth-order valence-electron chi connectivity index (χ4n) is 0.618. The topological polar surface area (TPSA) is 156 Å². The van der Waals surface area contributed by atoms with Crippen molar-refractivity contribution in [2.45, 2.75) is 24.4 Å². The van der Waals surface area contributed by atoms with Gasteiger partial charge in [-0.3, -0.25) is 0 Å². The summed E-state index contributed by atoms with van der Waals surface area (Å²) in [6.07, 6.45) is -6.84. The molecule has 16 heavy (non-hydrogen) atoms. The summed E-state index contributed by atoms with van der Waals surface area (Å²) in [7, 11) is 0. The second-order valence-corrected chi connectivity index (χ2v) is 2.93. The summed E-state index contributed by atoms with van der Waals surface area (Å²) in [5.41, 5.74) is -1.36. The second-order valence-electron chi connectivity index (χ2n) is 2.61. The van der Waals surface area contributed by atoms with Gasteiger partial charge in [0, 0.05) is 11.6 Å². The number of carboxylic acid groups (broad SMARTS) is 1. The van der Waals surface area contributed by atoms with E-state index in [1.165, 1.54) is 0 Å². The maximum atomic E-state index is 9.90. The van der Waals surface area contributed by atoms with Gasteiger partial charge < -0.3 is 35.4 Å². The third-order valence-corrected chi connectivity index (χ3v) is 1.42. The molecule has 0 aliphatic heterocycles. The number of hydrogen-bond donors (Lipinski definition) is 6. The zero-order valence-corrected chi connectivity index (χ0v) is 8.73. The molecule has 4 atom stereocenters. The van der Waals surface area contributed by atoms with Gasteiger partial charge in [-0.25, -0.2) is 4.79 Å². The predicted molar refractivity (Wildman–Crippen MR) is 51.1 cm³/mol. The van der Waals surface area contributed by atoms with Gasteiger partial charge in [0.25, 0.3) is 0 Å². The largest absolute Gasteiger partial charge is 0.469 e. The molecule has 96 valence electrons. The number of aliphatic hydroxyl groups excluding tert-OH is 5. The Hall–Kier alpha value is -0.770. The molecule has 0 aromatic rings. The molecule has 0 aliphatic rings. The van der Waals surface area contributed by atoms with Crippen LogP contribution in [0, 0.1) is 0 Å². The van der Waals surface area contributed by atoms with Crippen LogP contribution in [-0.4, -0.2) is 73.4 Å². The minimum Gasteiger partial charge on any atom is -0.469 e. The van der Waals surface area contributed by atoms with Gasteiger partial charge in [0.15, 0.2) is 6.29 Å². The van der Waals surface area contributed by atoms with E-state index in [4.69, 9.17) is 35.4 Å². The van der Waals surface area contributed by atoms with E-state index in [0.29, 0.717) is 0 Å². The number of halogens is 1. The van der Waals surface area contributed by atoms with Gasteiger partial charge in [0.2, 0.25) is 0 Å². The zero-order valence-electron chi connectivity index (χ0n) is 7.97. The molecule has 9 heteroatoms. The van der Waals surface area contributed by atoms with Crippen LogP contribution < -0.4 is 0 Å². The van der Waals surface area contributed by atoms with E-state index < -0.39 is 36.5 Å². The van der Waals surface area contributed by atoms with Crippen molar-refractivity contribution in [3.63, 3.8) is 0 Å². The molecule has 6 N–H and O–H groups in total. The Balaban J connectivity index is 0. The first-order chi connectivity index (χ1) is 7.27. The van der Waals surface area contributed by atoms with E-state index in [-0.39, 0.29) is 6.29 Å². The van der Waals surface area contributed by atoms with E-state index in [0.717, 1.165) is 0 Å². The Morgan fingerprint density at radius 2 is 1.56 bits per heavy atom. The lowest BCUT2D eigenvalue weighted by Gasteiger charge is -2.22. The second kappa shape index (κ2) is 9.46. The summed E-state index contributed by atoms with van der Waals surface area (Å²) in [6.45, 7) is -0.760. The summed E-state index contributed by atoms with van der Waals surface area (Å²) >= 11 is 4.19. The minimum absolute atomic E-state index is 0.0258. The van der Waals surface area contributed by atoms with Crippen LogP contribution in [0.15, 0.2) is 0 Å². The predicted octanol–water partition coefficient (Wildman–Crippen LogP) is -2.48. The zero-order chi connectivity index (χ0) is 13.3. The fraction of sp³-hybridized carbons (Fsp3) is 0.714. The van der Waals surface area contributed by atoms with Crippen molar-refractivity contribution in [3.8, 4) is 0 Å². The van der Waals surface area contributed by atoms with Gasteiger partial charge in [-0.1, -0.05) is 0 Å². The normalized spacial score (nSPS) is 17.4. The summed E-state index contributed by atoms with van der Waals surface area (Å²) < 4.78 is 0. The molecule has 4 unspecified atom stereocenters. The highest BCUT2D eigenvalue weighted by molar-refractivity contribution is 6.60. The molecule has 0 radical (unpaired) electrons. The highest BCUT2D eigenvalue weighted by Gasteiger charge is 2.29. The maximum absolute atomic E-state index is 9.90. The lowest BCUT2D eigenvalue weighted by atomic mass is 10.0. The lowest BCUT2D eigenvalue weighted by molar-refractivity contribution is -0.136. The molecule has 0 heterocycles. The smallest absolute Gasteiger partial charge is 0.401 e. The van der Waals surface area contributed by atoms with Crippen LogP contribution in [0.2, 0.25) is 0 Å². The van der Waals surface area contributed by atoms with E-state index in [1.54, 1.807) is 0 Å². The Morgan fingerprint density at radius 3 is 1.81 bits per heavy atom. The fourth-order valence-corrected chi connectivity index (χ4v) is 0.618. The molecule has 0 aliphatic carbocycles. The average molecular weight is 261 g/mol. The van der Waals surface area contributed by atoms with Crippen molar-refractivity contribution >= 4 is 23.3 Å². The molecule has 0 amide bonds. The molecule has 0 aromatic carbocycles. The Morgan fingerprint density at radius 1 is 1.19 bits per heavy atom. The molecule has 0 aromatic heterocycles. The Labute approximate surface area is 95.3 Å². The van der Waals surface area contributed by atoms with Gasteiger partial charge in [0.1, 0.15) is 24.4 Å². The van der Waals surface area contributed by atoms with Gasteiger partial charge >= 0.3 is 5.43 Å². The van der Waals surface area contributed by atoms with Crippen molar-refractivity contribution in [1.82, 2.24) is 0 Å². The van der Waals surface area contributed by atoms with Crippen LogP contribution in [0.25, 0.3) is 0 Å². The first-order valence-corrected chi connectivity index (χ1v) is 4.32. The van der Waals surface area contributed by atoms with Gasteiger partial charge in [0.05, 0.1) is 6.61 Å². The molecular weight excluding hydrogens is 248 g/mol. The molecule has 0 saturated carbocycles. The molecule has 8 nitrogen and oxygen atoms in total. The highest BCUT2D eigenvalue weighted by atomic mass is 35.5. The summed E-state index contributed by atoms with van der Waals surface area (Å²) in [4.78, 5) is 18.7. The van der Waals surface area contributed by atoms with Crippen LogP contribution in [0.4, 0.5) is 4.79 Å². The number of aliphatic hydroxyl groups is 5. The number of hydrogen-bond acceptors (Lipinski definition) is 7. The van der Waals surface area contributed by atoms with Crippen molar-refractivity contribution in [1.29, 1.82) is 0 Å². The third kappa shape index (κ3) is 8.53. The van der Waals surface area contributed by atoms with Crippen LogP contribution >= 0.6 is 11.6 Å². The quantitative estimate of drug-likeness (QED) is 0.234. The minimum atomic E-state index is -1.79. The molecule has 0 saturated heterocycles. The van der Waals surface area contributed by atoms with Crippen LogP contribution in [-0.2, 0) is 4.79 Å². The first-order valence-electron chi connectivity index (χ1n) is 3.94. The van der Waals surface area contributed by atoms with Crippen LogP contribution in [0.3, 0.4) is 0 Å². The highest BCUT2D eigenvalue weighted by Crippen LogP contribution is 2.02. The monoisotopic (exact) mass is 260 g/mol. The lowest BCUT2D eigenvalue weighted by Crippen LogP contribution is -2.46. The van der Waals surface area contributed by atoms with Crippen molar-refractivity contribution < 1.29 is 40.2 Å². The third-order valence-electron chi connectivity index (χ3n) is 1.42. The number of aldehydes is 1. The van der Waals surface area contributed by atoms with E-state index in [9.17, 15) is 4.79 Å². The van der Waals surface area contributed by atoms with Gasteiger partial charge in [-0.05, 0) is 0 Å². The van der Waals surface area contributed by atoms with Gasteiger partial charge in [-0.2, -0.15) is 0 Å². The average Bonchev–Trinajstić information content (AvgIpc) is 2.24. The maximum Gasteiger partial charge on any atom is 0.401 e. The van der Waals surface area contributed by atoms with Gasteiger partial charge in [-0.15, -0.1) is 0 Å². The molecule has 0 spiro atoms. The Kier molecular flexibility index (Phi) is 10.4. The number of carbonyl (C=O) groups is 2. The molecule has 0 fully saturated rings. The summed E-state index contributed by atoms with van der Waals surface area (Å²) in [5, 5.41) is 50.7. The summed E-state index contributed by atoms with van der Waals surface area (Å²) in [6, 6.07) is 0. The van der Waals surface area contributed by atoms with Crippen LogP contribution in [0.1, 0.15) is 0 Å². The van der Waals surface area contributed by atoms with Crippen molar-refractivity contribution in [2.24, 2.45) is 0 Å². The number of carbonyl (C=O) groups excluding carboxylic acids is 1. The molecule has 0 bridgehead atoms. The molecule has 0 rings (SSSR count). The van der Waals surface area contributed by atoms with E-state index in [1.807, 2.05) is 0 Å². The van der Waals surface area contributed by atoms with E-state index in [2.05, 4.69) is 11.6 Å². The van der Waals surface area contributed by atoms with Crippen molar-refractivity contribution in [3.05, 3.63) is 0 Å². The van der Waals surface area contributed by atoms with Crippen LogP contribution in [0.5, 0.6) is 0 Å². The first kappa shape index (κ1) is 17.6. The standard InChI is InChI=1S/C6H12O6.CHClO2/c7-1-3(9)5(11)6(12)4(10)2-8;2-1(3)4/h1,3-6,8-12H,2H2;(H,3,4). The Bertz CT molecular complexity index is 207. The van der Waals surface area contributed by atoms with Crippen molar-refractivity contribution in [2.75, 3.05) is 6.61 Å². The van der Waals surface area contributed by atoms with E-state index >= 15 is 0 Å². The number of rotatable bonds is 5. The summed E-state index contributed by atoms with van der Waals surface area (Å²) in [5.74, 6) is 0.